The van der Waals surface area contributed by atoms with Gasteiger partial charge in [-0.3, -0.25) is 4.90 Å². The molecule has 5 heteroatoms. The Bertz CT molecular complexity index is 421. The number of hydrogen-bond donors (Lipinski definition) is 1. The van der Waals surface area contributed by atoms with Crippen LogP contribution >= 0.6 is 0 Å². The molecule has 1 heterocycles. The summed E-state index contributed by atoms with van der Waals surface area (Å²) >= 11 is 0. The van der Waals surface area contributed by atoms with Crippen LogP contribution in [-0.4, -0.2) is 37.2 Å². The van der Waals surface area contributed by atoms with Gasteiger partial charge in [0, 0.05) is 31.3 Å². The molecule has 1 saturated heterocycles. The monoisotopic (exact) mass is 270 g/mol. The third-order valence-electron chi connectivity index (χ3n) is 3.84. The number of nitrogens with zero attached hydrogens (tertiary/aromatic N) is 1. The minimum Gasteiger partial charge on any atom is -0.377 e. The lowest BCUT2D eigenvalue weighted by Gasteiger charge is -2.34. The molecule has 0 bridgehead atoms. The Balaban J connectivity index is 2.23. The lowest BCUT2D eigenvalue weighted by molar-refractivity contribution is 0.0685. The molecule has 0 amide bonds. The molecular weight excluding hydrogens is 250 g/mol. The molecule has 0 aliphatic carbocycles. The van der Waals surface area contributed by atoms with Crippen molar-refractivity contribution in [2.75, 3.05) is 20.2 Å². The average molecular weight is 270 g/mol. The van der Waals surface area contributed by atoms with Crippen LogP contribution in [0.2, 0.25) is 0 Å². The van der Waals surface area contributed by atoms with E-state index in [4.69, 9.17) is 10.5 Å². The topological polar surface area (TPSA) is 38.5 Å². The predicted octanol–water partition coefficient (Wildman–Crippen LogP) is 2.07. The highest BCUT2D eigenvalue weighted by atomic mass is 19.1. The van der Waals surface area contributed by atoms with Gasteiger partial charge in [-0.05, 0) is 38.1 Å². The van der Waals surface area contributed by atoms with Crippen LogP contribution in [0.1, 0.15) is 24.9 Å². The van der Waals surface area contributed by atoms with Crippen LogP contribution in [0.25, 0.3) is 0 Å². The number of rotatable bonds is 4. The van der Waals surface area contributed by atoms with Crippen molar-refractivity contribution < 1.29 is 13.5 Å². The molecule has 1 fully saturated rings. The summed E-state index contributed by atoms with van der Waals surface area (Å²) in [6.07, 6.45) is 1.02. The number of nitrogens with two attached hydrogens (primary N) is 1. The Morgan fingerprint density at radius 2 is 2.00 bits per heavy atom. The summed E-state index contributed by atoms with van der Waals surface area (Å²) in [6, 6.07) is 3.58. The molecule has 3 unspecified atom stereocenters. The van der Waals surface area contributed by atoms with Gasteiger partial charge >= 0.3 is 0 Å². The molecule has 3 atom stereocenters. The highest BCUT2D eigenvalue weighted by Crippen LogP contribution is 2.27. The van der Waals surface area contributed by atoms with Gasteiger partial charge in [0.2, 0.25) is 0 Å². The van der Waals surface area contributed by atoms with Gasteiger partial charge in [0.25, 0.3) is 0 Å². The van der Waals surface area contributed by atoms with Gasteiger partial charge in [0.05, 0.1) is 6.10 Å². The van der Waals surface area contributed by atoms with E-state index in [0.717, 1.165) is 12.5 Å². The maximum Gasteiger partial charge on any atom is 0.126 e. The lowest BCUT2D eigenvalue weighted by Crippen LogP contribution is -2.42. The fourth-order valence-corrected chi connectivity index (χ4v) is 2.79. The molecule has 0 spiro atoms. The van der Waals surface area contributed by atoms with Gasteiger partial charge in [0.1, 0.15) is 11.6 Å². The van der Waals surface area contributed by atoms with Crippen LogP contribution in [0, 0.1) is 11.6 Å². The van der Waals surface area contributed by atoms with E-state index in [1.165, 1.54) is 12.1 Å². The van der Waals surface area contributed by atoms with E-state index in [9.17, 15) is 8.78 Å². The Morgan fingerprint density at radius 3 is 2.47 bits per heavy atom. The van der Waals surface area contributed by atoms with Gasteiger partial charge in [-0.25, -0.2) is 8.78 Å². The Hall–Kier alpha value is -1.04. The van der Waals surface area contributed by atoms with Crippen molar-refractivity contribution in [2.45, 2.75) is 31.5 Å². The van der Waals surface area contributed by atoms with E-state index in [-0.39, 0.29) is 18.2 Å². The largest absolute Gasteiger partial charge is 0.377 e. The van der Waals surface area contributed by atoms with Crippen molar-refractivity contribution in [3.05, 3.63) is 35.4 Å². The normalized spacial score (nSPS) is 24.9. The summed E-state index contributed by atoms with van der Waals surface area (Å²) in [6.45, 7) is 3.03. The fraction of sp³-hybridized carbons (Fsp3) is 0.571. The number of halogens is 2. The zero-order valence-electron chi connectivity index (χ0n) is 11.3. The predicted molar refractivity (Wildman–Crippen MR) is 69.7 cm³/mol. The summed E-state index contributed by atoms with van der Waals surface area (Å²) in [5, 5.41) is 0. The van der Waals surface area contributed by atoms with Gasteiger partial charge < -0.3 is 10.5 Å². The number of ether oxygens (including phenoxy) is 1. The van der Waals surface area contributed by atoms with Crippen molar-refractivity contribution in [1.29, 1.82) is 0 Å². The maximum absolute atomic E-state index is 13.3. The van der Waals surface area contributed by atoms with E-state index in [2.05, 4.69) is 4.90 Å². The van der Waals surface area contributed by atoms with Crippen molar-refractivity contribution in [3.8, 4) is 0 Å². The molecule has 2 N–H and O–H groups in total. The second kappa shape index (κ2) is 5.94. The quantitative estimate of drug-likeness (QED) is 0.910. The van der Waals surface area contributed by atoms with Crippen molar-refractivity contribution in [2.24, 2.45) is 5.73 Å². The van der Waals surface area contributed by atoms with E-state index < -0.39 is 11.6 Å². The van der Waals surface area contributed by atoms with Crippen LogP contribution in [0.3, 0.4) is 0 Å². The highest BCUT2D eigenvalue weighted by Gasteiger charge is 2.32. The maximum atomic E-state index is 13.3. The number of likely N-dealkylation sites (N-methyl/N-ethyl adjacent to an activating group) is 1. The second-order valence-electron chi connectivity index (χ2n) is 5.05. The van der Waals surface area contributed by atoms with Crippen molar-refractivity contribution in [1.82, 2.24) is 4.90 Å². The molecule has 19 heavy (non-hydrogen) atoms. The van der Waals surface area contributed by atoms with Crippen LogP contribution in [0.15, 0.2) is 18.2 Å². The fourth-order valence-electron chi connectivity index (χ4n) is 2.79. The van der Waals surface area contributed by atoms with Gasteiger partial charge in [0.15, 0.2) is 0 Å². The van der Waals surface area contributed by atoms with Gasteiger partial charge in [-0.1, -0.05) is 0 Å². The standard InChI is InChI=1S/C14H20F2N2O/c1-9-13(3-4-19-9)18(2)14(8-17)10-5-11(15)7-12(16)6-10/h5-7,9,13-14H,3-4,8,17H2,1-2H3. The zero-order chi connectivity index (χ0) is 14.0. The number of hydrogen-bond acceptors (Lipinski definition) is 3. The lowest BCUT2D eigenvalue weighted by atomic mass is 10.0. The highest BCUT2D eigenvalue weighted by molar-refractivity contribution is 5.22. The van der Waals surface area contributed by atoms with Crippen LogP contribution in [-0.2, 0) is 4.74 Å². The molecule has 1 aromatic rings. The van der Waals surface area contributed by atoms with E-state index in [0.29, 0.717) is 18.7 Å². The van der Waals surface area contributed by atoms with Crippen molar-refractivity contribution in [3.63, 3.8) is 0 Å². The van der Waals surface area contributed by atoms with Crippen LogP contribution < -0.4 is 5.73 Å². The smallest absolute Gasteiger partial charge is 0.126 e. The molecule has 0 saturated carbocycles. The molecule has 1 aliphatic rings. The molecule has 0 aromatic heterocycles. The SMILES string of the molecule is CC1OCCC1N(C)C(CN)c1cc(F)cc(F)c1. The van der Waals surface area contributed by atoms with Crippen LogP contribution in [0.4, 0.5) is 8.78 Å². The third kappa shape index (κ3) is 3.11. The van der Waals surface area contributed by atoms with Crippen molar-refractivity contribution >= 4 is 0 Å². The first-order valence-corrected chi connectivity index (χ1v) is 6.52. The van der Waals surface area contributed by atoms with Gasteiger partial charge in [-0.15, -0.1) is 0 Å². The second-order valence-corrected chi connectivity index (χ2v) is 5.05. The average Bonchev–Trinajstić information content (AvgIpc) is 2.75. The minimum absolute atomic E-state index is 0.109. The Kier molecular flexibility index (Phi) is 4.50. The number of benzene rings is 1. The Morgan fingerprint density at radius 1 is 1.37 bits per heavy atom. The summed E-state index contributed by atoms with van der Waals surface area (Å²) in [5.41, 5.74) is 6.36. The molecule has 2 rings (SSSR count). The van der Waals surface area contributed by atoms with E-state index in [1.54, 1.807) is 0 Å². The molecule has 106 valence electrons. The van der Waals surface area contributed by atoms with E-state index >= 15 is 0 Å². The molecule has 1 aliphatic heterocycles. The Labute approximate surface area is 112 Å². The molecular formula is C14H20F2N2O. The summed E-state index contributed by atoms with van der Waals surface area (Å²) in [7, 11) is 1.93. The molecule has 1 aromatic carbocycles. The zero-order valence-corrected chi connectivity index (χ0v) is 11.3. The first-order chi connectivity index (χ1) is 9.02. The van der Waals surface area contributed by atoms with Crippen LogP contribution in [0.5, 0.6) is 0 Å². The van der Waals surface area contributed by atoms with Gasteiger partial charge in [-0.2, -0.15) is 0 Å². The summed E-state index contributed by atoms with van der Waals surface area (Å²) in [5.74, 6) is -1.14. The molecule has 3 nitrogen and oxygen atoms in total. The summed E-state index contributed by atoms with van der Waals surface area (Å²) in [4.78, 5) is 2.06. The van der Waals surface area contributed by atoms with E-state index in [1.807, 2.05) is 14.0 Å². The summed E-state index contributed by atoms with van der Waals surface area (Å²) < 4.78 is 32.2. The first kappa shape index (κ1) is 14.4. The third-order valence-corrected chi connectivity index (χ3v) is 3.84. The molecule has 0 radical (unpaired) electrons. The minimum atomic E-state index is -0.572. The first-order valence-electron chi connectivity index (χ1n) is 6.52.